The summed E-state index contributed by atoms with van der Waals surface area (Å²) in [5, 5.41) is 15.0. The Hall–Kier alpha value is 3.66. The zero-order valence-electron chi connectivity index (χ0n) is 7.73. The molecule has 0 unspecified atom stereocenters. The predicted molar refractivity (Wildman–Crippen MR) is 72.7 cm³/mol. The van der Waals surface area contributed by atoms with Crippen LogP contribution in [-0.2, 0) is 79.9 Å². The Morgan fingerprint density at radius 1 is 1.20 bits per heavy atom. The fourth-order valence-electron chi connectivity index (χ4n) is 0. The summed E-state index contributed by atoms with van der Waals surface area (Å²) < 4.78 is 0. The number of hydrogen-bond donors (Lipinski definition) is 2. The summed E-state index contributed by atoms with van der Waals surface area (Å²) in [7, 11) is 0. The minimum Gasteiger partial charge on any atom is 0 e. The maximum absolute atomic E-state index is 9.31. The third-order valence-electron chi connectivity index (χ3n) is 0.247. The molecule has 86 valence electrons. The first-order chi connectivity index (χ1) is 5.73. The van der Waals surface area contributed by atoms with Crippen LogP contribution in [0.25, 0.3) is 0 Å². The van der Waals surface area contributed by atoms with Crippen molar-refractivity contribution in [1.29, 1.82) is 0 Å². The van der Waals surface area contributed by atoms with E-state index in [0.717, 1.165) is 6.42 Å². The van der Waals surface area contributed by atoms with Crippen molar-refractivity contribution in [2.75, 3.05) is 0 Å². The zero-order chi connectivity index (χ0) is 11.4. The molecule has 2 radical (unpaired) electrons. The third-order valence-corrected chi connectivity index (χ3v) is 0.247. The number of aliphatic carboxylic acids is 2. The van der Waals surface area contributed by atoms with Gasteiger partial charge in [-0.15, -0.1) is 0 Å². The first-order valence-electron chi connectivity index (χ1n) is 2.58. The van der Waals surface area contributed by atoms with E-state index in [0.29, 0.717) is 0 Å². The van der Waals surface area contributed by atoms with Gasteiger partial charge in [-0.3, -0.25) is 22.9 Å². The Balaban J connectivity index is -0.0000000315. The largest absolute Gasteiger partial charge is 0 e. The summed E-state index contributed by atoms with van der Waals surface area (Å²) in [5.41, 5.74) is 0. The Kier molecular flexibility index (Phi) is 54.6. The van der Waals surface area contributed by atoms with Crippen LogP contribution >= 0.6 is 59.9 Å². The summed E-state index contributed by atoms with van der Waals surface area (Å²) in [5.74, 6) is -1.95. The predicted octanol–water partition coefficient (Wildman–Crippen LogP) is 2.85. The zero-order valence-corrected chi connectivity index (χ0v) is 21.3. The van der Waals surface area contributed by atoms with Crippen molar-refractivity contribution in [3.8, 4) is 0 Å². The van der Waals surface area contributed by atoms with E-state index in [2.05, 4.69) is 66.9 Å². The number of carboxylic acid groups (broad SMARTS) is 2. The summed E-state index contributed by atoms with van der Waals surface area (Å²) >= 11 is 7.39. The van der Waals surface area contributed by atoms with Gasteiger partial charge in [0.05, 0.1) is 0 Å². The third kappa shape index (κ3) is 135. The number of halogens is 3. The Labute approximate surface area is 178 Å². The monoisotopic (exact) mass is 742 g/mol. The van der Waals surface area contributed by atoms with Crippen LogP contribution in [0.1, 0.15) is 6.92 Å². The van der Waals surface area contributed by atoms with Crippen LogP contribution in [0, 0.1) is 13.3 Å². The second kappa shape index (κ2) is 26.3. The van der Waals surface area contributed by atoms with Crippen LogP contribution in [0.2, 0.25) is 0 Å². The summed E-state index contributed by atoms with van der Waals surface area (Å²) in [6.45, 7) is 4.03. The minimum atomic E-state index is -1.08. The number of carboxylic acids is 2. The molecule has 0 atom stereocenters. The van der Waals surface area contributed by atoms with E-state index in [1.807, 2.05) is 0 Å². The minimum absolute atomic E-state index is 0. The Morgan fingerprint density at radius 3 is 1.27 bits per heavy atom. The van der Waals surface area contributed by atoms with Gasteiger partial charge in [-0.1, -0.05) is 0 Å². The van der Waals surface area contributed by atoms with Gasteiger partial charge in [-0.25, -0.2) is 0 Å². The smallest absolute Gasteiger partial charge is 0 e. The maximum Gasteiger partial charge on any atom is 0 e. The van der Waals surface area contributed by atoms with E-state index in [4.69, 9.17) is 15.0 Å². The standard InChI is InChI=1S/C3H5O2.C2H3O2.3HI.V.2Y/c1-2-3(4)5;1-2(3)4;;;;;;/h2H,1H3,(H,4,5);1H2,(H,3,4);3*1H;;;/q2*-1;;;;+3;;/p-3. The molecule has 0 aromatic rings. The Bertz CT molecular complexity index is 143. The van der Waals surface area contributed by atoms with Crippen molar-refractivity contribution in [2.45, 2.75) is 6.92 Å². The van der Waals surface area contributed by atoms with Gasteiger partial charge in [-0.2, -0.15) is 6.92 Å². The van der Waals surface area contributed by atoms with Crippen molar-refractivity contribution in [3.63, 3.8) is 0 Å². The molecule has 0 aliphatic heterocycles. The second-order valence-corrected chi connectivity index (χ2v) is 36.6. The SMILES string of the molecule is C[CH-]C(=O)O.[CH2-]C(=O)O.[I][V]([I])[I].[Y].[Y]. The first-order valence-corrected chi connectivity index (χ1v) is 16.1. The van der Waals surface area contributed by atoms with E-state index in [-0.39, 0.29) is 70.3 Å². The normalized spacial score (nSPS) is 6.20. The quantitative estimate of drug-likeness (QED) is 0.321. The van der Waals surface area contributed by atoms with Crippen LogP contribution in [0.4, 0.5) is 0 Å². The molecule has 0 heterocycles. The van der Waals surface area contributed by atoms with Gasteiger partial charge in [0.2, 0.25) is 0 Å². The van der Waals surface area contributed by atoms with Crippen LogP contribution in [0.5, 0.6) is 0 Å². The van der Waals surface area contributed by atoms with Gasteiger partial charge >= 0.3 is 64.9 Å². The van der Waals surface area contributed by atoms with Crippen LogP contribution in [0.3, 0.4) is 0 Å². The van der Waals surface area contributed by atoms with E-state index >= 15 is 0 Å². The molecular weight excluding hydrogens is 734 g/mol. The van der Waals surface area contributed by atoms with Crippen molar-refractivity contribution in [3.05, 3.63) is 13.3 Å². The number of rotatable bonds is 1. The molecule has 0 saturated heterocycles. The first kappa shape index (κ1) is 31.2. The Morgan fingerprint density at radius 2 is 1.27 bits per heavy atom. The molecule has 0 fully saturated rings. The fourth-order valence-corrected chi connectivity index (χ4v) is 0. The number of carbonyl (C=O) groups is 2. The van der Waals surface area contributed by atoms with E-state index in [9.17, 15) is 4.79 Å². The summed E-state index contributed by atoms with van der Waals surface area (Å²) in [6.07, 6.45) is 1.08. The topological polar surface area (TPSA) is 74.6 Å². The molecule has 0 saturated carbocycles. The fraction of sp³-hybridized carbons (Fsp3) is 0.200. The molecule has 0 rings (SSSR count). The van der Waals surface area contributed by atoms with Crippen molar-refractivity contribution in [1.82, 2.24) is 0 Å². The molecule has 0 bridgehead atoms. The molecule has 15 heavy (non-hydrogen) atoms. The van der Waals surface area contributed by atoms with E-state index in [1.165, 1.54) is 6.92 Å². The molecule has 0 spiro atoms. The van der Waals surface area contributed by atoms with E-state index in [1.54, 1.807) is 0 Å². The second-order valence-electron chi connectivity index (χ2n) is 1.21. The average Bonchev–Trinajstić information content (AvgIpc) is 1.84. The molecule has 0 amide bonds. The van der Waals surface area contributed by atoms with Crippen molar-refractivity contribution < 1.29 is 90.1 Å². The molecule has 4 nitrogen and oxygen atoms in total. The van der Waals surface area contributed by atoms with Crippen molar-refractivity contribution in [2.24, 2.45) is 0 Å². The van der Waals surface area contributed by atoms with Crippen molar-refractivity contribution >= 4 is 71.9 Å². The number of hydrogen-bond acceptors (Lipinski definition) is 2. The molecule has 10 heteroatoms. The van der Waals surface area contributed by atoms with Gasteiger partial charge < -0.3 is 10.2 Å². The molecule has 0 aliphatic carbocycles. The summed E-state index contributed by atoms with van der Waals surface area (Å²) in [4.78, 5) is 17.9. The van der Waals surface area contributed by atoms with E-state index < -0.39 is 11.9 Å². The van der Waals surface area contributed by atoms with Gasteiger partial charge in [0, 0.05) is 65.4 Å². The molecule has 0 aliphatic rings. The average molecular weight is 742 g/mol. The van der Waals surface area contributed by atoms with Crippen LogP contribution < -0.4 is 0 Å². The van der Waals surface area contributed by atoms with Crippen LogP contribution in [0.15, 0.2) is 0 Å². The molecule has 0 aromatic heterocycles. The maximum atomic E-state index is 9.31. The molecule has 0 aromatic carbocycles. The van der Waals surface area contributed by atoms with Gasteiger partial charge in [0.1, 0.15) is 0 Å². The van der Waals surface area contributed by atoms with Crippen LogP contribution in [-0.4, -0.2) is 22.2 Å². The molecular formula is C5H8I3O4VY2-2. The van der Waals surface area contributed by atoms with Gasteiger partial charge in [0.25, 0.3) is 0 Å². The summed E-state index contributed by atoms with van der Waals surface area (Å²) in [6, 6.07) is 0. The van der Waals surface area contributed by atoms with Gasteiger partial charge in [-0.05, 0) is 0 Å². The van der Waals surface area contributed by atoms with Gasteiger partial charge in [0.15, 0.2) is 11.9 Å². The molecule has 2 N–H and O–H groups in total.